The molecule has 0 unspecified atom stereocenters. The third-order valence-corrected chi connectivity index (χ3v) is 1.99. The Kier molecular flexibility index (Phi) is 3.25. The van der Waals surface area contributed by atoms with E-state index >= 15 is 0 Å². The van der Waals surface area contributed by atoms with Gasteiger partial charge >= 0.3 is 0 Å². The van der Waals surface area contributed by atoms with Gasteiger partial charge < -0.3 is 10.6 Å². The van der Waals surface area contributed by atoms with E-state index in [1.54, 1.807) is 6.07 Å². The maximum atomic E-state index is 11.1. The average Bonchev–Trinajstić information content (AvgIpc) is 2.01. The standard InChI is InChI=1S/C11H16N2O/c1-8(14)10-5-4-9(6-11(10)12)7-13(2)3/h4-6H,7,12H2,1-3H3. The monoisotopic (exact) mass is 192 g/mol. The summed E-state index contributed by atoms with van der Waals surface area (Å²) in [6.07, 6.45) is 0. The van der Waals surface area contributed by atoms with Crippen molar-refractivity contribution in [3.8, 4) is 0 Å². The molecule has 0 saturated heterocycles. The van der Waals surface area contributed by atoms with Crippen LogP contribution in [0.15, 0.2) is 18.2 Å². The highest BCUT2D eigenvalue weighted by Gasteiger charge is 2.05. The van der Waals surface area contributed by atoms with Crippen LogP contribution in [0.25, 0.3) is 0 Å². The molecule has 0 aliphatic heterocycles. The first-order valence-corrected chi connectivity index (χ1v) is 4.55. The van der Waals surface area contributed by atoms with Gasteiger partial charge in [0.05, 0.1) is 0 Å². The second kappa shape index (κ2) is 4.24. The maximum Gasteiger partial charge on any atom is 0.161 e. The summed E-state index contributed by atoms with van der Waals surface area (Å²) in [5.74, 6) is 0.0129. The molecule has 0 radical (unpaired) electrons. The van der Waals surface area contributed by atoms with E-state index in [0.29, 0.717) is 11.3 Å². The number of ketones is 1. The molecule has 1 rings (SSSR count). The fraction of sp³-hybridized carbons (Fsp3) is 0.364. The van der Waals surface area contributed by atoms with Gasteiger partial charge in [0.2, 0.25) is 0 Å². The number of nitrogens with two attached hydrogens (primary N) is 1. The van der Waals surface area contributed by atoms with E-state index in [2.05, 4.69) is 4.90 Å². The lowest BCUT2D eigenvalue weighted by Crippen LogP contribution is -2.11. The van der Waals surface area contributed by atoms with Gasteiger partial charge in [0.15, 0.2) is 5.78 Å². The molecule has 76 valence electrons. The Morgan fingerprint density at radius 2 is 2.07 bits per heavy atom. The van der Waals surface area contributed by atoms with Gasteiger partial charge in [-0.05, 0) is 38.7 Å². The van der Waals surface area contributed by atoms with E-state index in [-0.39, 0.29) is 5.78 Å². The number of nitrogens with zero attached hydrogens (tertiary/aromatic N) is 1. The Bertz CT molecular complexity index is 345. The summed E-state index contributed by atoms with van der Waals surface area (Å²) >= 11 is 0. The van der Waals surface area contributed by atoms with Crippen LogP contribution >= 0.6 is 0 Å². The van der Waals surface area contributed by atoms with Crippen molar-refractivity contribution in [2.75, 3.05) is 19.8 Å². The van der Waals surface area contributed by atoms with Gasteiger partial charge in [-0.15, -0.1) is 0 Å². The minimum Gasteiger partial charge on any atom is -0.398 e. The molecule has 3 nitrogen and oxygen atoms in total. The van der Waals surface area contributed by atoms with Crippen LogP contribution in [0.5, 0.6) is 0 Å². The molecule has 1 aromatic rings. The molecule has 0 atom stereocenters. The van der Waals surface area contributed by atoms with E-state index < -0.39 is 0 Å². The van der Waals surface area contributed by atoms with E-state index in [0.717, 1.165) is 12.1 Å². The van der Waals surface area contributed by atoms with E-state index in [1.807, 2.05) is 26.2 Å². The van der Waals surface area contributed by atoms with E-state index in [1.165, 1.54) is 6.92 Å². The van der Waals surface area contributed by atoms with Gasteiger partial charge in [0.1, 0.15) is 0 Å². The van der Waals surface area contributed by atoms with Crippen LogP contribution < -0.4 is 5.73 Å². The van der Waals surface area contributed by atoms with Crippen molar-refractivity contribution < 1.29 is 4.79 Å². The molecule has 14 heavy (non-hydrogen) atoms. The number of nitrogen functional groups attached to an aromatic ring is 1. The summed E-state index contributed by atoms with van der Waals surface area (Å²) in [4.78, 5) is 13.2. The molecule has 0 aliphatic carbocycles. The van der Waals surface area contributed by atoms with E-state index in [9.17, 15) is 4.79 Å². The predicted octanol–water partition coefficient (Wildman–Crippen LogP) is 1.53. The van der Waals surface area contributed by atoms with Crippen LogP contribution in [0.2, 0.25) is 0 Å². The highest BCUT2D eigenvalue weighted by Crippen LogP contribution is 2.15. The number of anilines is 1. The van der Waals surface area contributed by atoms with Crippen molar-refractivity contribution in [3.05, 3.63) is 29.3 Å². The first-order chi connectivity index (χ1) is 6.50. The normalized spacial score (nSPS) is 10.6. The Hall–Kier alpha value is -1.35. The third-order valence-electron chi connectivity index (χ3n) is 1.99. The lowest BCUT2D eigenvalue weighted by Gasteiger charge is -2.11. The molecular formula is C11H16N2O. The Balaban J connectivity index is 2.94. The largest absolute Gasteiger partial charge is 0.398 e. The number of benzene rings is 1. The van der Waals surface area contributed by atoms with E-state index in [4.69, 9.17) is 5.73 Å². The fourth-order valence-corrected chi connectivity index (χ4v) is 1.40. The predicted molar refractivity (Wildman–Crippen MR) is 58.2 cm³/mol. The quantitative estimate of drug-likeness (QED) is 0.583. The average molecular weight is 192 g/mol. The first kappa shape index (κ1) is 10.7. The summed E-state index contributed by atoms with van der Waals surface area (Å²) < 4.78 is 0. The van der Waals surface area contributed by atoms with Crippen molar-refractivity contribution in [1.29, 1.82) is 0 Å². The Morgan fingerprint density at radius 1 is 1.43 bits per heavy atom. The number of Topliss-reactive ketones (excluding diaryl/α,β-unsaturated/α-hetero) is 1. The lowest BCUT2D eigenvalue weighted by atomic mass is 10.1. The maximum absolute atomic E-state index is 11.1. The van der Waals surface area contributed by atoms with Gasteiger partial charge in [0, 0.05) is 17.8 Å². The van der Waals surface area contributed by atoms with Crippen LogP contribution in [0.1, 0.15) is 22.8 Å². The van der Waals surface area contributed by atoms with Crippen LogP contribution in [-0.4, -0.2) is 24.8 Å². The lowest BCUT2D eigenvalue weighted by molar-refractivity contribution is 0.101. The molecule has 0 spiro atoms. The molecule has 0 amide bonds. The number of hydrogen-bond donors (Lipinski definition) is 1. The molecule has 0 saturated carbocycles. The summed E-state index contributed by atoms with van der Waals surface area (Å²) in [6.45, 7) is 2.36. The van der Waals surface area contributed by atoms with Crippen molar-refractivity contribution >= 4 is 11.5 Å². The summed E-state index contributed by atoms with van der Waals surface area (Å²) in [7, 11) is 3.99. The number of carbonyl (C=O) groups excluding carboxylic acids is 1. The number of hydrogen-bond acceptors (Lipinski definition) is 3. The molecule has 3 heteroatoms. The topological polar surface area (TPSA) is 46.3 Å². The van der Waals surface area contributed by atoms with Crippen LogP contribution in [0, 0.1) is 0 Å². The molecular weight excluding hydrogens is 176 g/mol. The highest BCUT2D eigenvalue weighted by atomic mass is 16.1. The van der Waals surface area contributed by atoms with Crippen molar-refractivity contribution in [2.45, 2.75) is 13.5 Å². The van der Waals surface area contributed by atoms with Gasteiger partial charge in [-0.2, -0.15) is 0 Å². The SMILES string of the molecule is CC(=O)c1ccc(CN(C)C)cc1N. The van der Waals surface area contributed by atoms with Crippen LogP contribution in [0.4, 0.5) is 5.69 Å². The molecule has 1 aromatic carbocycles. The second-order valence-corrected chi connectivity index (χ2v) is 3.72. The summed E-state index contributed by atoms with van der Waals surface area (Å²) in [5, 5.41) is 0. The molecule has 0 aliphatic rings. The fourth-order valence-electron chi connectivity index (χ4n) is 1.40. The smallest absolute Gasteiger partial charge is 0.161 e. The van der Waals surface area contributed by atoms with Gasteiger partial charge in [-0.3, -0.25) is 4.79 Å². The van der Waals surface area contributed by atoms with Crippen molar-refractivity contribution in [3.63, 3.8) is 0 Å². The third kappa shape index (κ3) is 2.57. The van der Waals surface area contributed by atoms with Gasteiger partial charge in [0.25, 0.3) is 0 Å². The van der Waals surface area contributed by atoms with Gasteiger partial charge in [-0.25, -0.2) is 0 Å². The zero-order valence-electron chi connectivity index (χ0n) is 8.87. The minimum absolute atomic E-state index is 0.0129. The van der Waals surface area contributed by atoms with Gasteiger partial charge in [-0.1, -0.05) is 6.07 Å². The second-order valence-electron chi connectivity index (χ2n) is 3.72. The highest BCUT2D eigenvalue weighted by molar-refractivity contribution is 5.99. The van der Waals surface area contributed by atoms with Crippen LogP contribution in [-0.2, 0) is 6.54 Å². The van der Waals surface area contributed by atoms with Crippen LogP contribution in [0.3, 0.4) is 0 Å². The Morgan fingerprint density at radius 3 is 2.50 bits per heavy atom. The molecule has 0 fully saturated rings. The van der Waals surface area contributed by atoms with Crippen molar-refractivity contribution in [2.24, 2.45) is 0 Å². The van der Waals surface area contributed by atoms with Crippen molar-refractivity contribution in [1.82, 2.24) is 4.90 Å². The zero-order chi connectivity index (χ0) is 10.7. The molecule has 0 aromatic heterocycles. The summed E-state index contributed by atoms with van der Waals surface area (Å²) in [5.41, 5.74) is 8.05. The molecule has 0 bridgehead atoms. The summed E-state index contributed by atoms with van der Waals surface area (Å²) in [6, 6.07) is 5.58. The number of carbonyl (C=O) groups is 1. The first-order valence-electron chi connectivity index (χ1n) is 4.55. The Labute approximate surface area is 84.5 Å². The minimum atomic E-state index is 0.0129. The zero-order valence-corrected chi connectivity index (χ0v) is 8.87. The molecule has 0 heterocycles. The molecule has 2 N–H and O–H groups in total. The number of rotatable bonds is 3.